The van der Waals surface area contributed by atoms with Crippen molar-refractivity contribution in [3.8, 4) is 0 Å². The molecule has 0 radical (unpaired) electrons. The second-order valence-corrected chi connectivity index (χ2v) is 8.14. The van der Waals surface area contributed by atoms with E-state index in [1.807, 2.05) is 6.07 Å². The van der Waals surface area contributed by atoms with E-state index in [4.69, 9.17) is 0 Å². The van der Waals surface area contributed by atoms with E-state index in [2.05, 4.69) is 42.9 Å². The normalized spacial score (nSPS) is 24.1. The molecule has 1 aromatic heterocycles. The van der Waals surface area contributed by atoms with Gasteiger partial charge in [-0.25, -0.2) is 9.97 Å². The van der Waals surface area contributed by atoms with Gasteiger partial charge >= 0.3 is 0 Å². The van der Waals surface area contributed by atoms with Crippen LogP contribution in [0.1, 0.15) is 32.1 Å². The molecule has 0 unspecified atom stereocenters. The number of rotatable bonds is 3. The zero-order valence-electron chi connectivity index (χ0n) is 15.6. The smallest absolute Gasteiger partial charge is 0.139 e. The van der Waals surface area contributed by atoms with Crippen LogP contribution in [-0.2, 0) is 0 Å². The molecule has 5 heteroatoms. The third-order valence-electron chi connectivity index (χ3n) is 6.64. The summed E-state index contributed by atoms with van der Waals surface area (Å²) < 4.78 is 0. The van der Waals surface area contributed by atoms with Gasteiger partial charge in [0.05, 0.1) is 5.52 Å². The fourth-order valence-electron chi connectivity index (χ4n) is 5.02. The fraction of sp³-hybridized carbons (Fsp3) is 0.619. The lowest BCUT2D eigenvalue weighted by Gasteiger charge is -2.50. The summed E-state index contributed by atoms with van der Waals surface area (Å²) >= 11 is 0. The molecule has 3 aliphatic rings. The van der Waals surface area contributed by atoms with E-state index < -0.39 is 0 Å². The molecule has 2 saturated heterocycles. The van der Waals surface area contributed by atoms with E-state index in [-0.39, 0.29) is 0 Å². The Balaban J connectivity index is 1.17. The number of para-hydroxylation sites is 1. The number of piperazine rings is 1. The summed E-state index contributed by atoms with van der Waals surface area (Å²) in [5, 5.41) is 1.18. The number of fused-ring (bicyclic) bond motifs is 1. The van der Waals surface area contributed by atoms with Gasteiger partial charge in [0.1, 0.15) is 12.1 Å². The maximum Gasteiger partial charge on any atom is 0.139 e. The van der Waals surface area contributed by atoms with Crippen LogP contribution < -0.4 is 4.90 Å². The minimum atomic E-state index is 0.692. The Bertz CT molecular complexity index is 738. The van der Waals surface area contributed by atoms with E-state index in [0.717, 1.165) is 30.5 Å². The minimum absolute atomic E-state index is 0.692. The molecule has 2 aromatic rings. The number of aromatic nitrogens is 2. The molecular formula is C21H29N5. The summed E-state index contributed by atoms with van der Waals surface area (Å²) in [6, 6.07) is 9.90. The van der Waals surface area contributed by atoms with Gasteiger partial charge in [-0.15, -0.1) is 0 Å². The molecule has 2 aliphatic heterocycles. The number of anilines is 1. The zero-order valence-corrected chi connectivity index (χ0v) is 15.6. The van der Waals surface area contributed by atoms with Crippen LogP contribution in [0.25, 0.3) is 10.9 Å². The first kappa shape index (κ1) is 16.5. The van der Waals surface area contributed by atoms with Gasteiger partial charge in [0.15, 0.2) is 0 Å². The maximum absolute atomic E-state index is 4.57. The summed E-state index contributed by atoms with van der Waals surface area (Å²) in [4.78, 5) is 16.9. The van der Waals surface area contributed by atoms with Gasteiger partial charge in [0.25, 0.3) is 0 Å². The summed E-state index contributed by atoms with van der Waals surface area (Å²) in [5.74, 6) is 1.10. The van der Waals surface area contributed by atoms with Crippen molar-refractivity contribution in [2.45, 2.75) is 44.2 Å². The van der Waals surface area contributed by atoms with Gasteiger partial charge in [-0.3, -0.25) is 9.80 Å². The average molecular weight is 351 g/mol. The third-order valence-corrected chi connectivity index (χ3v) is 6.64. The quantitative estimate of drug-likeness (QED) is 0.850. The summed E-state index contributed by atoms with van der Waals surface area (Å²) in [7, 11) is 0. The highest BCUT2D eigenvalue weighted by Crippen LogP contribution is 2.29. The Hall–Kier alpha value is -1.72. The highest BCUT2D eigenvalue weighted by atomic mass is 15.4. The van der Waals surface area contributed by atoms with Gasteiger partial charge in [0.2, 0.25) is 0 Å². The highest BCUT2D eigenvalue weighted by Gasteiger charge is 2.35. The van der Waals surface area contributed by atoms with Crippen molar-refractivity contribution in [1.82, 2.24) is 19.8 Å². The first-order valence-electron chi connectivity index (χ1n) is 10.3. The average Bonchev–Trinajstić information content (AvgIpc) is 2.68. The van der Waals surface area contributed by atoms with Crippen LogP contribution in [0.15, 0.2) is 30.6 Å². The van der Waals surface area contributed by atoms with Crippen molar-refractivity contribution in [1.29, 1.82) is 0 Å². The molecule has 1 aromatic carbocycles. The van der Waals surface area contributed by atoms with E-state index in [1.54, 1.807) is 6.33 Å². The van der Waals surface area contributed by atoms with Crippen LogP contribution in [0.2, 0.25) is 0 Å². The Morgan fingerprint density at radius 1 is 0.769 bits per heavy atom. The molecule has 5 nitrogen and oxygen atoms in total. The largest absolute Gasteiger partial charge is 0.353 e. The molecule has 0 amide bonds. The van der Waals surface area contributed by atoms with Crippen LogP contribution in [-0.4, -0.2) is 71.1 Å². The third kappa shape index (κ3) is 3.08. The molecule has 5 rings (SSSR count). The lowest BCUT2D eigenvalue weighted by molar-refractivity contribution is 0.0487. The summed E-state index contributed by atoms with van der Waals surface area (Å²) in [5.41, 5.74) is 1.04. The molecular weight excluding hydrogens is 322 g/mol. The molecule has 138 valence electrons. The highest BCUT2D eigenvalue weighted by molar-refractivity contribution is 5.89. The van der Waals surface area contributed by atoms with Gasteiger partial charge in [-0.2, -0.15) is 0 Å². The van der Waals surface area contributed by atoms with Crippen molar-refractivity contribution in [2.75, 3.05) is 44.2 Å². The number of hydrogen-bond acceptors (Lipinski definition) is 5. The van der Waals surface area contributed by atoms with Crippen molar-refractivity contribution in [3.63, 3.8) is 0 Å². The SMILES string of the molecule is c1ccc2c(N3CC(N4CCN(C5CCCCC5)CC4)C3)ncnc2c1. The van der Waals surface area contributed by atoms with Gasteiger partial charge in [-0.1, -0.05) is 31.4 Å². The first-order chi connectivity index (χ1) is 12.9. The standard InChI is InChI=1S/C21H29N5/c1-2-6-17(7-3-1)24-10-12-25(13-11-24)18-14-26(15-18)21-19-8-4-5-9-20(19)22-16-23-21/h4-5,8-9,16-18H,1-3,6-7,10-15H2. The molecule has 3 heterocycles. The number of hydrogen-bond donors (Lipinski definition) is 0. The van der Waals surface area contributed by atoms with Crippen molar-refractivity contribution >= 4 is 16.7 Å². The Labute approximate surface area is 156 Å². The number of nitrogens with zero attached hydrogens (tertiary/aromatic N) is 5. The number of benzene rings is 1. The molecule has 0 bridgehead atoms. The second-order valence-electron chi connectivity index (χ2n) is 8.14. The predicted octanol–water partition coefficient (Wildman–Crippen LogP) is 2.77. The van der Waals surface area contributed by atoms with Crippen molar-refractivity contribution < 1.29 is 0 Å². The minimum Gasteiger partial charge on any atom is -0.353 e. The van der Waals surface area contributed by atoms with Crippen LogP contribution in [0, 0.1) is 0 Å². The van der Waals surface area contributed by atoms with Crippen LogP contribution >= 0.6 is 0 Å². The molecule has 0 spiro atoms. The molecule has 3 fully saturated rings. The van der Waals surface area contributed by atoms with E-state index in [0.29, 0.717) is 6.04 Å². The summed E-state index contributed by atoms with van der Waals surface area (Å²) in [6.07, 6.45) is 8.89. The second kappa shape index (κ2) is 7.12. The van der Waals surface area contributed by atoms with Gasteiger partial charge in [-0.05, 0) is 25.0 Å². The van der Waals surface area contributed by atoms with E-state index in [1.165, 1.54) is 63.7 Å². The van der Waals surface area contributed by atoms with Crippen LogP contribution in [0.3, 0.4) is 0 Å². The Morgan fingerprint density at radius 2 is 1.46 bits per heavy atom. The van der Waals surface area contributed by atoms with E-state index >= 15 is 0 Å². The fourth-order valence-corrected chi connectivity index (χ4v) is 5.02. The van der Waals surface area contributed by atoms with Crippen LogP contribution in [0.5, 0.6) is 0 Å². The van der Waals surface area contributed by atoms with Crippen molar-refractivity contribution in [2.24, 2.45) is 0 Å². The van der Waals surface area contributed by atoms with Gasteiger partial charge < -0.3 is 4.90 Å². The van der Waals surface area contributed by atoms with Crippen LogP contribution in [0.4, 0.5) is 5.82 Å². The zero-order chi connectivity index (χ0) is 17.3. The Kier molecular flexibility index (Phi) is 4.51. The molecule has 1 aliphatic carbocycles. The maximum atomic E-state index is 4.57. The first-order valence-corrected chi connectivity index (χ1v) is 10.3. The predicted molar refractivity (Wildman–Crippen MR) is 106 cm³/mol. The van der Waals surface area contributed by atoms with Gasteiger partial charge in [0, 0.05) is 56.7 Å². The topological polar surface area (TPSA) is 35.5 Å². The molecule has 26 heavy (non-hydrogen) atoms. The summed E-state index contributed by atoms with van der Waals surface area (Å²) in [6.45, 7) is 7.20. The lowest BCUT2D eigenvalue weighted by Crippen LogP contribution is -2.64. The van der Waals surface area contributed by atoms with Crippen molar-refractivity contribution in [3.05, 3.63) is 30.6 Å². The Morgan fingerprint density at radius 3 is 2.23 bits per heavy atom. The molecule has 0 N–H and O–H groups in total. The molecule has 1 saturated carbocycles. The van der Waals surface area contributed by atoms with E-state index in [9.17, 15) is 0 Å². The molecule has 0 atom stereocenters. The monoisotopic (exact) mass is 351 g/mol. The lowest BCUT2D eigenvalue weighted by atomic mass is 9.93.